The van der Waals surface area contributed by atoms with Crippen molar-refractivity contribution in [2.75, 3.05) is 16.8 Å². The number of hydrogen-bond acceptors (Lipinski definition) is 2. The van der Waals surface area contributed by atoms with E-state index in [1.165, 1.54) is 5.56 Å². The minimum Gasteiger partial charge on any atom is -0.326 e. The number of nitrogens with zero attached hydrogens (tertiary/aromatic N) is 1. The van der Waals surface area contributed by atoms with Gasteiger partial charge in [0, 0.05) is 24.3 Å². The summed E-state index contributed by atoms with van der Waals surface area (Å²) in [5.74, 6) is 0.0391. The maximum Gasteiger partial charge on any atom is 0.229 e. The Morgan fingerprint density at radius 1 is 1.12 bits per heavy atom. The Kier molecular flexibility index (Phi) is 5.12. The number of anilines is 2. The van der Waals surface area contributed by atoms with Crippen LogP contribution in [0.4, 0.5) is 11.4 Å². The van der Waals surface area contributed by atoms with Gasteiger partial charge in [0.15, 0.2) is 0 Å². The summed E-state index contributed by atoms with van der Waals surface area (Å²) in [7, 11) is 0. The van der Waals surface area contributed by atoms with Gasteiger partial charge in [-0.25, -0.2) is 0 Å². The standard InChI is InChI=1S/C22H26N2O2/c1-14(2)17-6-8-19(9-7-17)24-13-18(12-21(24)25)22(26)23-20-10-5-15(3)11-16(20)4/h5-11,14,18H,12-13H2,1-4H3,(H,23,26). The summed E-state index contributed by atoms with van der Waals surface area (Å²) < 4.78 is 0. The largest absolute Gasteiger partial charge is 0.326 e. The Hall–Kier alpha value is -2.62. The van der Waals surface area contributed by atoms with E-state index < -0.39 is 0 Å². The summed E-state index contributed by atoms with van der Waals surface area (Å²) in [4.78, 5) is 26.8. The van der Waals surface area contributed by atoms with Gasteiger partial charge in [0.2, 0.25) is 11.8 Å². The van der Waals surface area contributed by atoms with Crippen LogP contribution in [0.5, 0.6) is 0 Å². The van der Waals surface area contributed by atoms with Crippen LogP contribution < -0.4 is 10.2 Å². The Bertz CT molecular complexity index is 825. The number of amides is 2. The van der Waals surface area contributed by atoms with Crippen molar-refractivity contribution in [2.24, 2.45) is 5.92 Å². The molecule has 2 aromatic rings. The Morgan fingerprint density at radius 3 is 2.42 bits per heavy atom. The maximum atomic E-state index is 12.6. The molecule has 136 valence electrons. The second-order valence-corrected chi connectivity index (χ2v) is 7.46. The molecule has 1 fully saturated rings. The van der Waals surface area contributed by atoms with Gasteiger partial charge >= 0.3 is 0 Å². The normalized spacial score (nSPS) is 17.0. The van der Waals surface area contributed by atoms with Crippen molar-refractivity contribution in [1.29, 1.82) is 0 Å². The van der Waals surface area contributed by atoms with E-state index in [9.17, 15) is 9.59 Å². The van der Waals surface area contributed by atoms with E-state index in [0.717, 1.165) is 22.5 Å². The highest BCUT2D eigenvalue weighted by molar-refractivity contribution is 6.03. The van der Waals surface area contributed by atoms with E-state index in [1.54, 1.807) is 4.90 Å². The molecule has 0 aliphatic carbocycles. The first-order valence-electron chi connectivity index (χ1n) is 9.13. The topological polar surface area (TPSA) is 49.4 Å². The molecule has 1 N–H and O–H groups in total. The zero-order valence-electron chi connectivity index (χ0n) is 15.9. The van der Waals surface area contributed by atoms with Crippen LogP contribution in [-0.2, 0) is 9.59 Å². The summed E-state index contributed by atoms with van der Waals surface area (Å²) in [6, 6.07) is 14.0. The fraction of sp³-hybridized carbons (Fsp3) is 0.364. The number of hydrogen-bond donors (Lipinski definition) is 1. The third-order valence-electron chi connectivity index (χ3n) is 5.01. The molecule has 0 saturated carbocycles. The van der Waals surface area contributed by atoms with Crippen molar-refractivity contribution in [3.63, 3.8) is 0 Å². The van der Waals surface area contributed by atoms with Crippen molar-refractivity contribution >= 4 is 23.2 Å². The van der Waals surface area contributed by atoms with Crippen molar-refractivity contribution in [2.45, 2.75) is 40.0 Å². The van der Waals surface area contributed by atoms with Crippen LogP contribution in [-0.4, -0.2) is 18.4 Å². The molecule has 4 heteroatoms. The summed E-state index contributed by atoms with van der Waals surface area (Å²) in [6.45, 7) is 8.71. The lowest BCUT2D eigenvalue weighted by Gasteiger charge is -2.18. The third-order valence-corrected chi connectivity index (χ3v) is 5.01. The molecule has 3 rings (SSSR count). The lowest BCUT2D eigenvalue weighted by molar-refractivity contribution is -0.122. The van der Waals surface area contributed by atoms with Crippen LogP contribution in [0.3, 0.4) is 0 Å². The van der Waals surface area contributed by atoms with E-state index in [0.29, 0.717) is 12.5 Å². The van der Waals surface area contributed by atoms with Crippen LogP contribution in [0.15, 0.2) is 42.5 Å². The van der Waals surface area contributed by atoms with E-state index in [1.807, 2.05) is 44.2 Å². The smallest absolute Gasteiger partial charge is 0.229 e. The summed E-state index contributed by atoms with van der Waals surface area (Å²) in [6.07, 6.45) is 0.253. The molecule has 26 heavy (non-hydrogen) atoms. The number of rotatable bonds is 4. The summed E-state index contributed by atoms with van der Waals surface area (Å²) in [5.41, 5.74) is 5.11. The predicted molar refractivity (Wildman–Crippen MR) is 106 cm³/mol. The molecule has 1 saturated heterocycles. The SMILES string of the molecule is Cc1ccc(NC(=O)C2CC(=O)N(c3ccc(C(C)C)cc3)C2)c(C)c1. The molecule has 1 heterocycles. The average molecular weight is 350 g/mol. The van der Waals surface area contributed by atoms with Crippen LogP contribution in [0, 0.1) is 19.8 Å². The van der Waals surface area contributed by atoms with E-state index >= 15 is 0 Å². The Labute approximate surface area is 155 Å². The number of nitrogens with one attached hydrogen (secondary N) is 1. The maximum absolute atomic E-state index is 12.6. The Morgan fingerprint density at radius 2 is 1.81 bits per heavy atom. The molecule has 1 unspecified atom stereocenters. The van der Waals surface area contributed by atoms with Crippen molar-refractivity contribution in [3.05, 3.63) is 59.2 Å². The van der Waals surface area contributed by atoms with Crippen molar-refractivity contribution in [1.82, 2.24) is 0 Å². The predicted octanol–water partition coefficient (Wildman–Crippen LogP) is 4.42. The molecule has 1 aliphatic heterocycles. The van der Waals surface area contributed by atoms with E-state index in [4.69, 9.17) is 0 Å². The highest BCUT2D eigenvalue weighted by Crippen LogP contribution is 2.28. The Balaban J connectivity index is 1.69. The highest BCUT2D eigenvalue weighted by Gasteiger charge is 2.35. The summed E-state index contributed by atoms with van der Waals surface area (Å²) in [5, 5.41) is 2.98. The minimum atomic E-state index is -0.326. The van der Waals surface area contributed by atoms with Gasteiger partial charge in [0.25, 0.3) is 0 Å². The fourth-order valence-electron chi connectivity index (χ4n) is 3.36. The minimum absolute atomic E-state index is 0.00285. The molecule has 2 aromatic carbocycles. The molecule has 0 spiro atoms. The van der Waals surface area contributed by atoms with Crippen LogP contribution in [0.2, 0.25) is 0 Å². The van der Waals surface area contributed by atoms with E-state index in [-0.39, 0.29) is 24.2 Å². The average Bonchev–Trinajstić information content (AvgIpc) is 2.99. The molecular weight excluding hydrogens is 324 g/mol. The van der Waals surface area contributed by atoms with Gasteiger partial charge in [0.05, 0.1) is 5.92 Å². The molecule has 0 aromatic heterocycles. The third kappa shape index (κ3) is 3.79. The number of carbonyl (C=O) groups excluding carboxylic acids is 2. The lowest BCUT2D eigenvalue weighted by atomic mass is 10.0. The van der Waals surface area contributed by atoms with Gasteiger partial charge in [-0.1, -0.05) is 43.7 Å². The van der Waals surface area contributed by atoms with Crippen molar-refractivity contribution < 1.29 is 9.59 Å². The molecule has 4 nitrogen and oxygen atoms in total. The summed E-state index contributed by atoms with van der Waals surface area (Å²) >= 11 is 0. The van der Waals surface area contributed by atoms with Crippen molar-refractivity contribution in [3.8, 4) is 0 Å². The van der Waals surface area contributed by atoms with Crippen LogP contribution >= 0.6 is 0 Å². The second-order valence-electron chi connectivity index (χ2n) is 7.46. The first-order chi connectivity index (χ1) is 12.3. The first-order valence-corrected chi connectivity index (χ1v) is 9.13. The van der Waals surface area contributed by atoms with Gasteiger partial charge in [0.1, 0.15) is 0 Å². The van der Waals surface area contributed by atoms with Gasteiger partial charge in [-0.3, -0.25) is 9.59 Å². The number of carbonyl (C=O) groups is 2. The van der Waals surface area contributed by atoms with E-state index in [2.05, 4.69) is 31.3 Å². The zero-order valence-corrected chi connectivity index (χ0v) is 15.9. The van der Waals surface area contributed by atoms with Gasteiger partial charge in [-0.2, -0.15) is 0 Å². The molecular formula is C22H26N2O2. The molecule has 1 atom stereocenters. The monoisotopic (exact) mass is 350 g/mol. The molecule has 0 bridgehead atoms. The van der Waals surface area contributed by atoms with Crippen LogP contribution in [0.1, 0.15) is 42.9 Å². The van der Waals surface area contributed by atoms with Gasteiger partial charge in [-0.05, 0) is 49.1 Å². The zero-order chi connectivity index (χ0) is 18.8. The van der Waals surface area contributed by atoms with Gasteiger partial charge < -0.3 is 10.2 Å². The second kappa shape index (κ2) is 7.32. The van der Waals surface area contributed by atoms with Gasteiger partial charge in [-0.15, -0.1) is 0 Å². The van der Waals surface area contributed by atoms with Crippen LogP contribution in [0.25, 0.3) is 0 Å². The molecule has 1 aliphatic rings. The molecule has 0 radical (unpaired) electrons. The highest BCUT2D eigenvalue weighted by atomic mass is 16.2. The number of aryl methyl sites for hydroxylation is 2. The fourth-order valence-corrected chi connectivity index (χ4v) is 3.36. The number of benzene rings is 2. The first kappa shape index (κ1) is 18.2. The lowest BCUT2D eigenvalue weighted by Crippen LogP contribution is -2.28. The quantitative estimate of drug-likeness (QED) is 0.887. The molecule has 2 amide bonds.